The van der Waals surface area contributed by atoms with Gasteiger partial charge in [0.1, 0.15) is 12.7 Å². The maximum atomic E-state index is 9.99. The highest BCUT2D eigenvalue weighted by Gasteiger charge is 2.34. The predicted molar refractivity (Wildman–Crippen MR) is 52.6 cm³/mol. The molecule has 0 aromatic carbocycles. The van der Waals surface area contributed by atoms with Crippen molar-refractivity contribution in [3.63, 3.8) is 0 Å². The van der Waals surface area contributed by atoms with Gasteiger partial charge in [-0.1, -0.05) is 13.8 Å². The van der Waals surface area contributed by atoms with Crippen molar-refractivity contribution in [3.8, 4) is 0 Å². The second kappa shape index (κ2) is 3.69. The number of rotatable bonds is 1. The highest BCUT2D eigenvalue weighted by atomic mass is 16.3. The fourth-order valence-corrected chi connectivity index (χ4v) is 2.61. The molecule has 4 unspecified atom stereocenters. The van der Waals surface area contributed by atoms with Crippen LogP contribution in [0.2, 0.25) is 0 Å². The van der Waals surface area contributed by atoms with Gasteiger partial charge >= 0.3 is 0 Å². The Balaban J connectivity index is 2.18. The molecular weight excluding hydrogens is 178 g/mol. The lowest BCUT2D eigenvalue weighted by Gasteiger charge is -2.36. The van der Waals surface area contributed by atoms with Crippen LogP contribution in [0.4, 0.5) is 0 Å². The average Bonchev–Trinajstić information content (AvgIpc) is 2.54. The third kappa shape index (κ3) is 1.66. The zero-order valence-electron chi connectivity index (χ0n) is 8.67. The van der Waals surface area contributed by atoms with Crippen LogP contribution in [0.5, 0.6) is 0 Å². The van der Waals surface area contributed by atoms with Crippen molar-refractivity contribution in [3.05, 3.63) is 12.7 Å². The molecule has 0 amide bonds. The number of aliphatic hydroxyl groups is 1. The minimum absolute atomic E-state index is 0.105. The Kier molecular flexibility index (Phi) is 2.54. The summed E-state index contributed by atoms with van der Waals surface area (Å²) >= 11 is 0. The second-order valence-electron chi connectivity index (χ2n) is 4.49. The summed E-state index contributed by atoms with van der Waals surface area (Å²) in [5, 5.41) is 14.1. The van der Waals surface area contributed by atoms with Crippen molar-refractivity contribution in [2.45, 2.75) is 38.8 Å². The Morgan fingerprint density at radius 1 is 1.36 bits per heavy atom. The zero-order chi connectivity index (χ0) is 10.1. The zero-order valence-corrected chi connectivity index (χ0v) is 8.67. The first kappa shape index (κ1) is 9.65. The Morgan fingerprint density at radius 2 is 2.14 bits per heavy atom. The van der Waals surface area contributed by atoms with E-state index in [-0.39, 0.29) is 12.1 Å². The van der Waals surface area contributed by atoms with Crippen LogP contribution in [-0.2, 0) is 0 Å². The van der Waals surface area contributed by atoms with Crippen molar-refractivity contribution in [2.75, 3.05) is 0 Å². The molecule has 1 aromatic rings. The van der Waals surface area contributed by atoms with Gasteiger partial charge < -0.3 is 5.11 Å². The van der Waals surface area contributed by atoms with E-state index in [0.29, 0.717) is 11.8 Å². The van der Waals surface area contributed by atoms with Crippen LogP contribution in [0.3, 0.4) is 0 Å². The third-order valence-corrected chi connectivity index (χ3v) is 3.14. The van der Waals surface area contributed by atoms with Crippen LogP contribution in [0.25, 0.3) is 0 Å². The first-order chi connectivity index (χ1) is 6.68. The molecule has 1 saturated carbocycles. The maximum absolute atomic E-state index is 9.99. The van der Waals surface area contributed by atoms with E-state index in [2.05, 4.69) is 23.9 Å². The van der Waals surface area contributed by atoms with Gasteiger partial charge in [0.05, 0.1) is 12.1 Å². The average molecular weight is 195 g/mol. The Morgan fingerprint density at radius 3 is 2.71 bits per heavy atom. The summed E-state index contributed by atoms with van der Waals surface area (Å²) in [5.74, 6) is 1.08. The molecule has 1 aliphatic carbocycles. The summed E-state index contributed by atoms with van der Waals surface area (Å²) in [6, 6.07) is 0.105. The topological polar surface area (TPSA) is 50.9 Å². The second-order valence-corrected chi connectivity index (χ2v) is 4.49. The van der Waals surface area contributed by atoms with Crippen LogP contribution in [0.15, 0.2) is 12.7 Å². The third-order valence-electron chi connectivity index (χ3n) is 3.14. The van der Waals surface area contributed by atoms with Crippen LogP contribution >= 0.6 is 0 Å². The molecule has 0 radical (unpaired) electrons. The molecule has 78 valence electrons. The molecule has 4 atom stereocenters. The van der Waals surface area contributed by atoms with E-state index < -0.39 is 0 Å². The number of aromatic nitrogens is 3. The molecule has 4 nitrogen and oxygen atoms in total. The molecule has 4 heteroatoms. The van der Waals surface area contributed by atoms with Gasteiger partial charge in [0, 0.05) is 0 Å². The van der Waals surface area contributed by atoms with E-state index in [4.69, 9.17) is 0 Å². The SMILES string of the molecule is CC1CC(C)C(n2cncn2)C(O)C1. The predicted octanol–water partition coefficient (Wildman–Crippen LogP) is 1.25. The summed E-state index contributed by atoms with van der Waals surface area (Å²) in [4.78, 5) is 3.93. The lowest BCUT2D eigenvalue weighted by molar-refractivity contribution is 0.0176. The Labute approximate surface area is 84.0 Å². The molecule has 1 fully saturated rings. The summed E-state index contributed by atoms with van der Waals surface area (Å²) < 4.78 is 1.79. The first-order valence-corrected chi connectivity index (χ1v) is 5.20. The molecule has 0 saturated heterocycles. The van der Waals surface area contributed by atoms with E-state index in [9.17, 15) is 5.11 Å². The summed E-state index contributed by atoms with van der Waals surface area (Å²) in [5.41, 5.74) is 0. The number of nitrogens with zero attached hydrogens (tertiary/aromatic N) is 3. The molecule has 1 aromatic heterocycles. The van der Waals surface area contributed by atoms with Gasteiger partial charge in [-0.3, -0.25) is 0 Å². The van der Waals surface area contributed by atoms with Gasteiger partial charge in [-0.25, -0.2) is 9.67 Å². The van der Waals surface area contributed by atoms with Gasteiger partial charge in [-0.15, -0.1) is 0 Å². The molecule has 1 N–H and O–H groups in total. The summed E-state index contributed by atoms with van der Waals surface area (Å²) in [6.07, 6.45) is 4.96. The number of hydrogen-bond acceptors (Lipinski definition) is 3. The lowest BCUT2D eigenvalue weighted by atomic mass is 9.78. The summed E-state index contributed by atoms with van der Waals surface area (Å²) in [6.45, 7) is 4.36. The van der Waals surface area contributed by atoms with Crippen LogP contribution in [0, 0.1) is 11.8 Å². The van der Waals surface area contributed by atoms with E-state index in [0.717, 1.165) is 12.8 Å². The van der Waals surface area contributed by atoms with Crippen molar-refractivity contribution < 1.29 is 5.11 Å². The van der Waals surface area contributed by atoms with Crippen LogP contribution < -0.4 is 0 Å². The van der Waals surface area contributed by atoms with Gasteiger partial charge in [-0.2, -0.15) is 5.10 Å². The lowest BCUT2D eigenvalue weighted by Crippen LogP contribution is -2.36. The quantitative estimate of drug-likeness (QED) is 0.733. The monoisotopic (exact) mass is 195 g/mol. The molecule has 0 bridgehead atoms. The number of hydrogen-bond donors (Lipinski definition) is 1. The minimum Gasteiger partial charge on any atom is -0.391 e. The highest BCUT2D eigenvalue weighted by Crippen LogP contribution is 2.36. The Bertz CT molecular complexity index is 274. The van der Waals surface area contributed by atoms with E-state index in [1.807, 2.05) is 0 Å². The van der Waals surface area contributed by atoms with Gasteiger partial charge in [-0.05, 0) is 24.7 Å². The van der Waals surface area contributed by atoms with E-state index in [1.54, 1.807) is 11.0 Å². The molecule has 0 spiro atoms. The van der Waals surface area contributed by atoms with Crippen LogP contribution in [-0.4, -0.2) is 26.0 Å². The van der Waals surface area contributed by atoms with Crippen molar-refractivity contribution in [1.82, 2.24) is 14.8 Å². The van der Waals surface area contributed by atoms with Gasteiger partial charge in [0.15, 0.2) is 0 Å². The van der Waals surface area contributed by atoms with E-state index >= 15 is 0 Å². The molecule has 14 heavy (non-hydrogen) atoms. The molecule has 0 aliphatic heterocycles. The number of aliphatic hydroxyl groups excluding tert-OH is 1. The van der Waals surface area contributed by atoms with Crippen molar-refractivity contribution >= 4 is 0 Å². The molecule has 1 aliphatic rings. The smallest absolute Gasteiger partial charge is 0.137 e. The normalized spacial score (nSPS) is 38.5. The standard InChI is InChI=1S/C10H17N3O/c1-7-3-8(2)10(9(14)4-7)13-6-11-5-12-13/h5-10,14H,3-4H2,1-2H3. The largest absolute Gasteiger partial charge is 0.391 e. The molecule has 2 rings (SSSR count). The first-order valence-electron chi connectivity index (χ1n) is 5.20. The fourth-order valence-electron chi connectivity index (χ4n) is 2.61. The summed E-state index contributed by atoms with van der Waals surface area (Å²) in [7, 11) is 0. The van der Waals surface area contributed by atoms with Gasteiger partial charge in [0.2, 0.25) is 0 Å². The minimum atomic E-state index is -0.282. The van der Waals surface area contributed by atoms with Crippen molar-refractivity contribution in [2.24, 2.45) is 11.8 Å². The van der Waals surface area contributed by atoms with Crippen LogP contribution in [0.1, 0.15) is 32.7 Å². The van der Waals surface area contributed by atoms with E-state index in [1.165, 1.54) is 6.33 Å². The fraction of sp³-hybridized carbons (Fsp3) is 0.800. The Hall–Kier alpha value is -0.900. The molecular formula is C10H17N3O. The highest BCUT2D eigenvalue weighted by molar-refractivity contribution is 4.86. The molecule has 1 heterocycles. The van der Waals surface area contributed by atoms with Gasteiger partial charge in [0.25, 0.3) is 0 Å². The van der Waals surface area contributed by atoms with Crippen molar-refractivity contribution in [1.29, 1.82) is 0 Å². The maximum Gasteiger partial charge on any atom is 0.137 e.